The number of halogens is 5. The number of phosphoric acid groups is 1. The van der Waals surface area contributed by atoms with Gasteiger partial charge in [0.25, 0.3) is 0 Å². The number of phosphoric ester groups is 1. The first kappa shape index (κ1) is 35.7. The lowest BCUT2D eigenvalue weighted by molar-refractivity contribution is -0.0438. The summed E-state index contributed by atoms with van der Waals surface area (Å²) in [5.74, 6) is 0. The van der Waals surface area contributed by atoms with Crippen molar-refractivity contribution in [2.24, 2.45) is 0 Å². The summed E-state index contributed by atoms with van der Waals surface area (Å²) in [6, 6.07) is 14.0. The van der Waals surface area contributed by atoms with Crippen molar-refractivity contribution >= 4 is 58.1 Å². The molecule has 1 aliphatic heterocycles. The van der Waals surface area contributed by atoms with Gasteiger partial charge in [0.15, 0.2) is 0 Å². The SMILES string of the molecule is CC(C)(C)c1cc(-c2nc(-c3ccc(N(CCOP4(=O)OCCC(c5cccc(Cl)c5)O4)S(=O)(=O)C(F)(F)F)cc3Cl)cs2)ccn1. The number of benzene rings is 2. The molecular weight excluding hydrogens is 721 g/mol. The van der Waals surface area contributed by atoms with Gasteiger partial charge < -0.3 is 0 Å². The van der Waals surface area contributed by atoms with E-state index >= 15 is 0 Å². The first-order valence-corrected chi connectivity index (χ1v) is 18.6. The molecule has 2 unspecified atom stereocenters. The quantitative estimate of drug-likeness (QED) is 0.156. The maximum absolute atomic E-state index is 13.8. The predicted octanol–water partition coefficient (Wildman–Crippen LogP) is 9.44. The van der Waals surface area contributed by atoms with Crippen molar-refractivity contribution in [3.05, 3.63) is 87.5 Å². The van der Waals surface area contributed by atoms with E-state index in [1.54, 1.807) is 35.8 Å². The van der Waals surface area contributed by atoms with Gasteiger partial charge >= 0.3 is 23.4 Å². The van der Waals surface area contributed by atoms with Crippen molar-refractivity contribution in [3.8, 4) is 21.8 Å². The molecule has 1 fully saturated rings. The number of alkyl halides is 3. The molecule has 2 atom stereocenters. The second-order valence-corrected chi connectivity index (χ2v) is 16.6. The van der Waals surface area contributed by atoms with Gasteiger partial charge in [-0.15, -0.1) is 11.3 Å². The van der Waals surface area contributed by atoms with Crippen LogP contribution in [0.25, 0.3) is 21.8 Å². The Labute approximate surface area is 284 Å². The lowest BCUT2D eigenvalue weighted by Crippen LogP contribution is -2.42. The number of sulfonamides is 1. The minimum Gasteiger partial charge on any atom is -0.287 e. The normalized spacial score (nSPS) is 19.1. The second-order valence-electron chi connectivity index (χ2n) is 11.5. The molecule has 5 rings (SSSR count). The van der Waals surface area contributed by atoms with E-state index in [0.717, 1.165) is 17.3 Å². The summed E-state index contributed by atoms with van der Waals surface area (Å²) in [6.07, 6.45) is 1.28. The highest BCUT2D eigenvalue weighted by Gasteiger charge is 2.50. The number of hydrogen-bond donors (Lipinski definition) is 0. The van der Waals surface area contributed by atoms with Gasteiger partial charge in [-0.2, -0.15) is 21.6 Å². The van der Waals surface area contributed by atoms with Crippen LogP contribution in [0.15, 0.2) is 66.2 Å². The van der Waals surface area contributed by atoms with Crippen LogP contribution in [-0.4, -0.2) is 43.7 Å². The first-order valence-electron chi connectivity index (χ1n) is 14.1. The van der Waals surface area contributed by atoms with Gasteiger partial charge in [-0.05, 0) is 48.0 Å². The van der Waals surface area contributed by atoms with E-state index in [2.05, 4.69) is 9.97 Å². The minimum atomic E-state index is -5.93. The molecule has 0 amide bonds. The lowest BCUT2D eigenvalue weighted by Gasteiger charge is -2.30. The molecule has 17 heteroatoms. The van der Waals surface area contributed by atoms with E-state index in [1.165, 1.54) is 23.5 Å². The zero-order valence-electron chi connectivity index (χ0n) is 25.2. The Hall–Kier alpha value is -2.55. The molecule has 3 heterocycles. The van der Waals surface area contributed by atoms with Crippen molar-refractivity contribution in [2.75, 3.05) is 24.1 Å². The number of rotatable bonds is 9. The molecule has 0 spiro atoms. The van der Waals surface area contributed by atoms with Crippen LogP contribution in [0, 0.1) is 0 Å². The third kappa shape index (κ3) is 8.19. The molecule has 47 heavy (non-hydrogen) atoms. The largest absolute Gasteiger partial charge is 0.516 e. The molecule has 252 valence electrons. The summed E-state index contributed by atoms with van der Waals surface area (Å²) in [4.78, 5) is 9.08. The highest BCUT2D eigenvalue weighted by atomic mass is 35.5. The van der Waals surface area contributed by atoms with Gasteiger partial charge in [-0.3, -0.25) is 22.9 Å². The molecule has 2 aromatic heterocycles. The van der Waals surface area contributed by atoms with Crippen LogP contribution in [0.4, 0.5) is 18.9 Å². The Morgan fingerprint density at radius 2 is 1.87 bits per heavy atom. The summed E-state index contributed by atoms with van der Waals surface area (Å²) in [6.45, 7) is 4.45. The van der Waals surface area contributed by atoms with Crippen LogP contribution < -0.4 is 4.31 Å². The minimum absolute atomic E-state index is 0.0344. The molecule has 0 aliphatic carbocycles. The molecule has 2 aromatic carbocycles. The van der Waals surface area contributed by atoms with E-state index in [0.29, 0.717) is 33.3 Å². The smallest absolute Gasteiger partial charge is 0.287 e. The number of thiazole rings is 1. The fourth-order valence-corrected chi connectivity index (χ4v) is 8.24. The Morgan fingerprint density at radius 1 is 1.11 bits per heavy atom. The van der Waals surface area contributed by atoms with E-state index in [1.807, 2.05) is 32.9 Å². The zero-order valence-corrected chi connectivity index (χ0v) is 29.2. The number of hydrogen-bond acceptors (Lipinski definition) is 9. The van der Waals surface area contributed by atoms with Crippen LogP contribution in [0.2, 0.25) is 10.0 Å². The summed E-state index contributed by atoms with van der Waals surface area (Å²) in [5.41, 5.74) is -3.10. The average molecular weight is 751 g/mol. The van der Waals surface area contributed by atoms with Crippen molar-refractivity contribution in [1.29, 1.82) is 0 Å². The second kappa shape index (κ2) is 13.8. The maximum Gasteiger partial charge on any atom is 0.516 e. The third-order valence-corrected chi connectivity index (χ3v) is 11.5. The average Bonchev–Trinajstić information content (AvgIpc) is 3.48. The van der Waals surface area contributed by atoms with E-state index in [9.17, 15) is 26.2 Å². The van der Waals surface area contributed by atoms with Crippen LogP contribution in [0.1, 0.15) is 44.6 Å². The maximum atomic E-state index is 13.8. The Kier molecular flexibility index (Phi) is 10.5. The molecule has 0 radical (unpaired) electrons. The van der Waals surface area contributed by atoms with Crippen molar-refractivity contribution in [2.45, 2.75) is 44.2 Å². The summed E-state index contributed by atoms with van der Waals surface area (Å²) < 4.78 is 95.9. The first-order chi connectivity index (χ1) is 22.0. The Balaban J connectivity index is 1.36. The van der Waals surface area contributed by atoms with Crippen molar-refractivity contribution < 1.29 is 39.7 Å². The van der Waals surface area contributed by atoms with Gasteiger partial charge in [-0.1, -0.05) is 56.1 Å². The van der Waals surface area contributed by atoms with Gasteiger partial charge in [0, 0.05) is 45.3 Å². The van der Waals surface area contributed by atoms with Gasteiger partial charge in [0.2, 0.25) is 0 Å². The molecule has 1 aliphatic rings. The highest BCUT2D eigenvalue weighted by Crippen LogP contribution is 2.57. The molecule has 0 N–H and O–H groups in total. The molecule has 0 saturated carbocycles. The number of aromatic nitrogens is 2. The van der Waals surface area contributed by atoms with Crippen molar-refractivity contribution in [1.82, 2.24) is 9.97 Å². The standard InChI is InChI=1S/C30H29Cl2F3N3O6PS2/c1-29(2,3)27-16-20(9-11-36-27)28-37-25(18-46-28)23-8-7-22(17-24(23)32)38(47(40,41)30(33,34)35)12-14-43-45(39)42-13-10-26(44-45)19-5-4-6-21(31)15-19/h4-9,11,15-18,26H,10,12-14H2,1-3H3. The highest BCUT2D eigenvalue weighted by molar-refractivity contribution is 7.93. The van der Waals surface area contributed by atoms with E-state index in [4.69, 9.17) is 36.8 Å². The van der Waals surface area contributed by atoms with Crippen LogP contribution in [-0.2, 0) is 33.6 Å². The molecule has 4 aromatic rings. The zero-order chi connectivity index (χ0) is 34.2. The lowest BCUT2D eigenvalue weighted by atomic mass is 9.91. The van der Waals surface area contributed by atoms with Crippen LogP contribution in [0.3, 0.4) is 0 Å². The number of anilines is 1. The Bertz CT molecular complexity index is 1920. The molecule has 9 nitrogen and oxygen atoms in total. The Morgan fingerprint density at radius 3 is 2.55 bits per heavy atom. The van der Waals surface area contributed by atoms with Crippen LogP contribution >= 0.6 is 42.4 Å². The third-order valence-electron chi connectivity index (χ3n) is 7.03. The van der Waals surface area contributed by atoms with Gasteiger partial charge in [0.05, 0.1) is 42.3 Å². The topological polar surface area (TPSA) is 108 Å². The molecule has 0 bridgehead atoms. The number of nitrogens with zero attached hydrogens (tertiary/aromatic N) is 3. The summed E-state index contributed by atoms with van der Waals surface area (Å²) >= 11 is 13.9. The monoisotopic (exact) mass is 749 g/mol. The molecule has 1 saturated heterocycles. The predicted molar refractivity (Wildman–Crippen MR) is 176 cm³/mol. The molecular formula is C30H29Cl2F3N3O6PS2. The van der Waals surface area contributed by atoms with Crippen molar-refractivity contribution in [3.63, 3.8) is 0 Å². The van der Waals surface area contributed by atoms with E-state index in [-0.39, 0.29) is 27.0 Å². The van der Waals surface area contributed by atoms with Crippen LogP contribution in [0.5, 0.6) is 0 Å². The number of pyridine rings is 1. The summed E-state index contributed by atoms with van der Waals surface area (Å²) in [7, 11) is -10.2. The summed E-state index contributed by atoms with van der Waals surface area (Å²) in [5, 5.41) is 2.79. The van der Waals surface area contributed by atoms with Gasteiger partial charge in [-0.25, -0.2) is 9.55 Å². The fourth-order valence-electron chi connectivity index (χ4n) is 4.63. The fraction of sp³-hybridized carbons (Fsp3) is 0.333. The van der Waals surface area contributed by atoms with E-state index < -0.39 is 42.6 Å². The van der Waals surface area contributed by atoms with Gasteiger partial charge in [0.1, 0.15) is 5.01 Å².